The van der Waals surface area contributed by atoms with Crippen LogP contribution in [0.1, 0.15) is 30.5 Å². The molecule has 0 spiro atoms. The first-order valence-electron chi connectivity index (χ1n) is 9.96. The van der Waals surface area contributed by atoms with Gasteiger partial charge in [-0.05, 0) is 67.7 Å². The highest BCUT2D eigenvalue weighted by Gasteiger charge is 2.33. The van der Waals surface area contributed by atoms with Crippen LogP contribution >= 0.6 is 23.4 Å². The summed E-state index contributed by atoms with van der Waals surface area (Å²) in [4.78, 5) is 12.1. The van der Waals surface area contributed by atoms with E-state index < -0.39 is 11.9 Å². The number of aryl methyl sites for hydroxylation is 1. The number of halogens is 5. The fourth-order valence-corrected chi connectivity index (χ4v) is 3.78. The molecule has 1 fully saturated rings. The second kappa shape index (κ2) is 14.6. The number of carbonyl (C=O) groups excluding carboxylic acids is 1. The van der Waals surface area contributed by atoms with Gasteiger partial charge in [0, 0.05) is 16.1 Å². The standard InChI is InChI=1S/C10H6ClF3N2.C7H7F.C5H10S.CH3NO/c11-5-1-2-8-6(3-5)7(15)4-9(16-8)10(12,13)14;1-6-2-4-7(8)5-3-6;1-2-4-6-5-3-1;2-1-3/h1-4H,(H2,15,16);2-5H,1H3;1-5H2;1H,(H2,2,3). The lowest BCUT2D eigenvalue weighted by atomic mass is 10.1. The molecule has 4 nitrogen and oxygen atoms in total. The average molecular weight is 504 g/mol. The van der Waals surface area contributed by atoms with Crippen LogP contribution in [0.4, 0.5) is 23.2 Å². The summed E-state index contributed by atoms with van der Waals surface area (Å²) in [5.41, 5.74) is 9.97. The zero-order chi connectivity index (χ0) is 24.9. The molecular formula is C23H26ClF4N3OS. The van der Waals surface area contributed by atoms with Gasteiger partial charge in [-0.1, -0.05) is 35.7 Å². The van der Waals surface area contributed by atoms with Crippen LogP contribution in [0.25, 0.3) is 10.9 Å². The fourth-order valence-electron chi connectivity index (χ4n) is 2.59. The topological polar surface area (TPSA) is 82.0 Å². The van der Waals surface area contributed by atoms with Crippen LogP contribution in [0, 0.1) is 12.7 Å². The summed E-state index contributed by atoms with van der Waals surface area (Å²) >= 11 is 7.81. The monoisotopic (exact) mass is 503 g/mol. The number of carbonyl (C=O) groups is 1. The van der Waals surface area contributed by atoms with E-state index in [4.69, 9.17) is 22.1 Å². The number of thioether (sulfide) groups is 1. The Kier molecular flexibility index (Phi) is 12.6. The minimum Gasteiger partial charge on any atom is -0.398 e. The van der Waals surface area contributed by atoms with Crippen molar-refractivity contribution in [1.82, 2.24) is 4.98 Å². The number of alkyl halides is 3. The number of anilines is 1. The molecule has 0 radical (unpaired) electrons. The van der Waals surface area contributed by atoms with Crippen LogP contribution in [0.3, 0.4) is 0 Å². The van der Waals surface area contributed by atoms with Gasteiger partial charge in [0.25, 0.3) is 0 Å². The molecule has 2 aromatic carbocycles. The summed E-state index contributed by atoms with van der Waals surface area (Å²) in [6.07, 6.45) is 0.157. The van der Waals surface area contributed by atoms with E-state index in [2.05, 4.69) is 22.5 Å². The zero-order valence-corrected chi connectivity index (χ0v) is 19.6. The van der Waals surface area contributed by atoms with Crippen molar-refractivity contribution in [2.24, 2.45) is 5.73 Å². The number of fused-ring (bicyclic) bond motifs is 1. The van der Waals surface area contributed by atoms with Gasteiger partial charge in [-0.15, -0.1) is 0 Å². The van der Waals surface area contributed by atoms with Crippen molar-refractivity contribution < 1.29 is 22.4 Å². The molecule has 2 heterocycles. The smallest absolute Gasteiger partial charge is 0.398 e. The number of amides is 1. The maximum atomic E-state index is 12.4. The number of nitrogen functional groups attached to an aromatic ring is 1. The lowest BCUT2D eigenvalue weighted by molar-refractivity contribution is -0.140. The first-order chi connectivity index (χ1) is 15.6. The molecule has 0 atom stereocenters. The summed E-state index contributed by atoms with van der Waals surface area (Å²) in [5.74, 6) is 2.66. The molecule has 1 aliphatic heterocycles. The maximum absolute atomic E-state index is 12.4. The number of primary amides is 1. The van der Waals surface area contributed by atoms with Crippen molar-refractivity contribution in [3.63, 3.8) is 0 Å². The lowest BCUT2D eigenvalue weighted by Gasteiger charge is -2.09. The molecule has 0 saturated carbocycles. The van der Waals surface area contributed by atoms with Crippen LogP contribution < -0.4 is 11.5 Å². The summed E-state index contributed by atoms with van der Waals surface area (Å²) in [5, 5.41) is 0.821. The van der Waals surface area contributed by atoms with Crippen LogP contribution in [0.2, 0.25) is 5.02 Å². The number of hydrogen-bond acceptors (Lipinski definition) is 4. The molecule has 1 aromatic heterocycles. The van der Waals surface area contributed by atoms with E-state index in [0.29, 0.717) is 10.4 Å². The normalized spacial score (nSPS) is 12.8. The highest BCUT2D eigenvalue weighted by molar-refractivity contribution is 7.99. The van der Waals surface area contributed by atoms with E-state index in [1.54, 1.807) is 12.1 Å². The molecule has 0 unspecified atom stereocenters. The number of rotatable bonds is 0. The highest BCUT2D eigenvalue weighted by atomic mass is 35.5. The summed E-state index contributed by atoms with van der Waals surface area (Å²) in [7, 11) is 0. The second-order valence-corrected chi connectivity index (χ2v) is 8.52. The summed E-state index contributed by atoms with van der Waals surface area (Å²) < 4.78 is 49.4. The Labute approximate surface area is 199 Å². The van der Waals surface area contributed by atoms with Gasteiger partial charge in [0.05, 0.1) is 5.52 Å². The Morgan fingerprint density at radius 3 is 2.03 bits per heavy atom. The first-order valence-corrected chi connectivity index (χ1v) is 11.5. The SMILES string of the molecule is C1CCSCC1.Cc1ccc(F)cc1.NC=O.Nc1cc(C(F)(F)F)nc2ccc(Cl)cc12. The Morgan fingerprint density at radius 2 is 1.61 bits per heavy atom. The number of nitrogens with zero attached hydrogens (tertiary/aromatic N) is 1. The predicted octanol–water partition coefficient (Wildman–Crippen LogP) is 6.63. The van der Waals surface area contributed by atoms with E-state index in [0.717, 1.165) is 11.6 Å². The molecule has 1 saturated heterocycles. The Bertz CT molecular complexity index is 965. The molecule has 180 valence electrons. The quantitative estimate of drug-likeness (QED) is 0.266. The highest BCUT2D eigenvalue weighted by Crippen LogP contribution is 2.32. The van der Waals surface area contributed by atoms with E-state index in [9.17, 15) is 17.6 Å². The molecule has 4 rings (SSSR count). The van der Waals surface area contributed by atoms with Crippen molar-refractivity contribution in [3.05, 3.63) is 70.6 Å². The fraction of sp³-hybridized carbons (Fsp3) is 0.304. The van der Waals surface area contributed by atoms with Gasteiger partial charge in [0.2, 0.25) is 6.41 Å². The van der Waals surface area contributed by atoms with E-state index in [1.807, 2.05) is 6.92 Å². The van der Waals surface area contributed by atoms with Gasteiger partial charge in [0.15, 0.2) is 0 Å². The Morgan fingerprint density at radius 1 is 1.03 bits per heavy atom. The van der Waals surface area contributed by atoms with Crippen molar-refractivity contribution in [3.8, 4) is 0 Å². The third kappa shape index (κ3) is 11.3. The molecule has 1 aliphatic rings. The molecule has 10 heteroatoms. The number of pyridine rings is 1. The molecule has 4 N–H and O–H groups in total. The number of aromatic nitrogens is 1. The molecule has 0 bridgehead atoms. The number of nitrogens with two attached hydrogens (primary N) is 2. The molecule has 33 heavy (non-hydrogen) atoms. The van der Waals surface area contributed by atoms with Crippen molar-refractivity contribution in [2.75, 3.05) is 17.2 Å². The molecule has 0 aliphatic carbocycles. The van der Waals surface area contributed by atoms with Crippen molar-refractivity contribution >= 4 is 46.4 Å². The minimum atomic E-state index is -4.50. The first kappa shape index (κ1) is 28.5. The van der Waals surface area contributed by atoms with Crippen molar-refractivity contribution in [1.29, 1.82) is 0 Å². The zero-order valence-electron chi connectivity index (χ0n) is 18.0. The van der Waals surface area contributed by atoms with Gasteiger partial charge in [-0.3, -0.25) is 4.79 Å². The predicted molar refractivity (Wildman–Crippen MR) is 129 cm³/mol. The molecule has 3 aromatic rings. The van der Waals surface area contributed by atoms with Gasteiger partial charge < -0.3 is 11.5 Å². The van der Waals surface area contributed by atoms with E-state index in [-0.39, 0.29) is 23.4 Å². The lowest BCUT2D eigenvalue weighted by Crippen LogP contribution is -2.09. The molecular weight excluding hydrogens is 478 g/mol. The van der Waals surface area contributed by atoms with Gasteiger partial charge >= 0.3 is 6.18 Å². The third-order valence-electron chi connectivity index (χ3n) is 4.18. The summed E-state index contributed by atoms with van der Waals surface area (Å²) in [6, 6.07) is 11.6. The van der Waals surface area contributed by atoms with Crippen LogP contribution in [-0.4, -0.2) is 22.9 Å². The molecule has 1 amide bonds. The average Bonchev–Trinajstić information content (AvgIpc) is 2.78. The Balaban J connectivity index is 0.000000265. The van der Waals surface area contributed by atoms with Crippen molar-refractivity contribution in [2.45, 2.75) is 32.4 Å². The van der Waals surface area contributed by atoms with E-state index >= 15 is 0 Å². The van der Waals surface area contributed by atoms with Gasteiger partial charge in [-0.25, -0.2) is 9.37 Å². The maximum Gasteiger partial charge on any atom is 0.433 e. The van der Waals surface area contributed by atoms with Crippen LogP contribution in [-0.2, 0) is 11.0 Å². The van der Waals surface area contributed by atoms with Crippen LogP contribution in [0.5, 0.6) is 0 Å². The largest absolute Gasteiger partial charge is 0.433 e. The van der Waals surface area contributed by atoms with Gasteiger partial charge in [-0.2, -0.15) is 24.9 Å². The Hall–Kier alpha value is -2.52. The summed E-state index contributed by atoms with van der Waals surface area (Å²) in [6.45, 7) is 1.93. The van der Waals surface area contributed by atoms with Gasteiger partial charge in [0.1, 0.15) is 11.5 Å². The van der Waals surface area contributed by atoms with Crippen LogP contribution in [0.15, 0.2) is 48.5 Å². The second-order valence-electron chi connectivity index (χ2n) is 6.86. The third-order valence-corrected chi connectivity index (χ3v) is 5.57. The number of hydrogen-bond donors (Lipinski definition) is 2. The minimum absolute atomic E-state index is 0.0137. The van der Waals surface area contributed by atoms with E-state index in [1.165, 1.54) is 61.1 Å². The number of benzene rings is 2.